The van der Waals surface area contributed by atoms with Gasteiger partial charge in [0.15, 0.2) is 5.96 Å². The molecule has 0 aromatic rings. The first-order valence-corrected chi connectivity index (χ1v) is 8.07. The molecule has 0 radical (unpaired) electrons. The molecule has 0 spiro atoms. The highest BCUT2D eigenvalue weighted by atomic mass is 15.3. The molecule has 2 fully saturated rings. The lowest BCUT2D eigenvalue weighted by molar-refractivity contribution is 0.196. The van der Waals surface area contributed by atoms with Crippen molar-refractivity contribution in [2.75, 3.05) is 40.8 Å². The zero-order valence-electron chi connectivity index (χ0n) is 13.9. The fraction of sp³-hybridized carbons (Fsp3) is 0.938. The second-order valence-electron chi connectivity index (χ2n) is 7.32. The van der Waals surface area contributed by atoms with Crippen LogP contribution in [0.4, 0.5) is 0 Å². The standard InChI is InChI=1S/C16H32N4/c1-16(2,19(4)5)12-18-15(17-3)20-10-13-8-6-7-9-14(13)11-20/h13-14H,6-12H2,1-5H3,(H,17,18). The molecule has 0 bridgehead atoms. The zero-order valence-corrected chi connectivity index (χ0v) is 13.9. The first-order valence-electron chi connectivity index (χ1n) is 8.07. The fourth-order valence-electron chi connectivity index (χ4n) is 3.36. The number of aliphatic imine (C=N–C) groups is 1. The van der Waals surface area contributed by atoms with E-state index in [1.54, 1.807) is 0 Å². The van der Waals surface area contributed by atoms with E-state index in [1.807, 2.05) is 7.05 Å². The Morgan fingerprint density at radius 3 is 2.20 bits per heavy atom. The summed E-state index contributed by atoms with van der Waals surface area (Å²) in [6, 6.07) is 0. The van der Waals surface area contributed by atoms with Crippen LogP contribution in [0, 0.1) is 11.8 Å². The maximum atomic E-state index is 4.50. The van der Waals surface area contributed by atoms with Crippen LogP contribution in [0.5, 0.6) is 0 Å². The Balaban J connectivity index is 1.90. The number of guanidine groups is 1. The molecular formula is C16H32N4. The van der Waals surface area contributed by atoms with E-state index < -0.39 is 0 Å². The van der Waals surface area contributed by atoms with Gasteiger partial charge < -0.3 is 15.1 Å². The number of hydrogen-bond acceptors (Lipinski definition) is 2. The molecule has 1 saturated carbocycles. The van der Waals surface area contributed by atoms with Crippen molar-refractivity contribution >= 4 is 5.96 Å². The molecule has 1 aliphatic carbocycles. The van der Waals surface area contributed by atoms with Crippen LogP contribution in [0.3, 0.4) is 0 Å². The van der Waals surface area contributed by atoms with E-state index in [0.717, 1.165) is 24.3 Å². The number of hydrogen-bond donors (Lipinski definition) is 1. The van der Waals surface area contributed by atoms with Gasteiger partial charge in [0.05, 0.1) is 0 Å². The van der Waals surface area contributed by atoms with Crippen LogP contribution >= 0.6 is 0 Å². The highest BCUT2D eigenvalue weighted by molar-refractivity contribution is 5.80. The third kappa shape index (κ3) is 3.46. The number of fused-ring (bicyclic) bond motifs is 1. The first-order chi connectivity index (χ1) is 9.44. The molecule has 0 amide bonds. The summed E-state index contributed by atoms with van der Waals surface area (Å²) in [7, 11) is 6.18. The van der Waals surface area contributed by atoms with E-state index in [4.69, 9.17) is 0 Å². The molecule has 2 atom stereocenters. The second kappa shape index (κ2) is 6.33. The highest BCUT2D eigenvalue weighted by Gasteiger charge is 2.35. The number of nitrogens with one attached hydrogen (secondary N) is 1. The molecule has 116 valence electrons. The topological polar surface area (TPSA) is 30.9 Å². The van der Waals surface area contributed by atoms with Crippen LogP contribution in [0.15, 0.2) is 4.99 Å². The number of rotatable bonds is 3. The van der Waals surface area contributed by atoms with Gasteiger partial charge in [-0.05, 0) is 52.6 Å². The van der Waals surface area contributed by atoms with Gasteiger partial charge in [-0.1, -0.05) is 12.8 Å². The van der Waals surface area contributed by atoms with Crippen molar-refractivity contribution in [1.29, 1.82) is 0 Å². The lowest BCUT2D eigenvalue weighted by Crippen LogP contribution is -2.51. The van der Waals surface area contributed by atoms with Gasteiger partial charge in [-0.15, -0.1) is 0 Å². The maximum absolute atomic E-state index is 4.50. The molecular weight excluding hydrogens is 248 g/mol. The van der Waals surface area contributed by atoms with Gasteiger partial charge in [-0.25, -0.2) is 0 Å². The molecule has 4 nitrogen and oxygen atoms in total. The second-order valence-corrected chi connectivity index (χ2v) is 7.32. The lowest BCUT2D eigenvalue weighted by atomic mass is 9.82. The van der Waals surface area contributed by atoms with Crippen molar-refractivity contribution in [3.8, 4) is 0 Å². The van der Waals surface area contributed by atoms with Crippen molar-refractivity contribution in [2.45, 2.75) is 45.1 Å². The van der Waals surface area contributed by atoms with Gasteiger partial charge in [0, 0.05) is 32.2 Å². The smallest absolute Gasteiger partial charge is 0.193 e. The van der Waals surface area contributed by atoms with Gasteiger partial charge in [-0.3, -0.25) is 4.99 Å². The van der Waals surface area contributed by atoms with Crippen LogP contribution in [-0.2, 0) is 0 Å². The van der Waals surface area contributed by atoms with Crippen LogP contribution < -0.4 is 5.32 Å². The normalized spacial score (nSPS) is 27.9. The Morgan fingerprint density at radius 1 is 1.20 bits per heavy atom. The van der Waals surface area contributed by atoms with Gasteiger partial charge >= 0.3 is 0 Å². The number of likely N-dealkylation sites (tertiary alicyclic amines) is 1. The summed E-state index contributed by atoms with van der Waals surface area (Å²) in [5.74, 6) is 2.91. The Labute approximate surface area is 124 Å². The minimum atomic E-state index is 0.141. The van der Waals surface area contributed by atoms with Gasteiger partial charge in [0.25, 0.3) is 0 Å². The molecule has 1 N–H and O–H groups in total. The lowest BCUT2D eigenvalue weighted by Gasteiger charge is -2.34. The third-order valence-electron chi connectivity index (χ3n) is 5.38. The largest absolute Gasteiger partial charge is 0.354 e. The molecule has 2 aliphatic rings. The Bertz CT molecular complexity index is 334. The molecule has 1 saturated heterocycles. The van der Waals surface area contributed by atoms with E-state index in [0.29, 0.717) is 0 Å². The monoisotopic (exact) mass is 280 g/mol. The predicted molar refractivity (Wildman–Crippen MR) is 86.1 cm³/mol. The molecule has 1 aliphatic heterocycles. The van der Waals surface area contributed by atoms with Crippen LogP contribution in [0.25, 0.3) is 0 Å². The van der Waals surface area contributed by atoms with Crippen molar-refractivity contribution in [3.05, 3.63) is 0 Å². The van der Waals surface area contributed by atoms with Gasteiger partial charge in [0.2, 0.25) is 0 Å². The molecule has 2 rings (SSSR count). The predicted octanol–water partition coefficient (Wildman–Crippen LogP) is 2.02. The van der Waals surface area contributed by atoms with Gasteiger partial charge in [0.1, 0.15) is 0 Å². The summed E-state index contributed by atoms with van der Waals surface area (Å²) in [5.41, 5.74) is 0.141. The van der Waals surface area contributed by atoms with E-state index in [-0.39, 0.29) is 5.54 Å². The number of likely N-dealkylation sites (N-methyl/N-ethyl adjacent to an activating group) is 1. The molecule has 1 heterocycles. The number of nitrogens with zero attached hydrogens (tertiary/aromatic N) is 3. The maximum Gasteiger partial charge on any atom is 0.193 e. The minimum absolute atomic E-state index is 0.141. The quantitative estimate of drug-likeness (QED) is 0.634. The zero-order chi connectivity index (χ0) is 14.8. The van der Waals surface area contributed by atoms with E-state index in [9.17, 15) is 0 Å². The van der Waals surface area contributed by atoms with Crippen LogP contribution in [-0.4, -0.2) is 62.1 Å². The third-order valence-corrected chi connectivity index (χ3v) is 5.38. The molecule has 0 aromatic heterocycles. The van der Waals surface area contributed by atoms with Gasteiger partial charge in [-0.2, -0.15) is 0 Å². The summed E-state index contributed by atoms with van der Waals surface area (Å²) in [6.07, 6.45) is 5.69. The minimum Gasteiger partial charge on any atom is -0.354 e. The first kappa shape index (κ1) is 15.6. The van der Waals surface area contributed by atoms with Crippen LogP contribution in [0.2, 0.25) is 0 Å². The Morgan fingerprint density at radius 2 is 1.75 bits per heavy atom. The van der Waals surface area contributed by atoms with Crippen molar-refractivity contribution in [2.24, 2.45) is 16.8 Å². The fourth-order valence-corrected chi connectivity index (χ4v) is 3.36. The molecule has 20 heavy (non-hydrogen) atoms. The van der Waals surface area contributed by atoms with E-state index in [2.05, 4.69) is 48.1 Å². The van der Waals surface area contributed by atoms with Crippen molar-refractivity contribution in [3.63, 3.8) is 0 Å². The van der Waals surface area contributed by atoms with E-state index in [1.165, 1.54) is 38.8 Å². The average molecular weight is 280 g/mol. The summed E-state index contributed by atoms with van der Waals surface area (Å²) in [4.78, 5) is 9.24. The molecule has 2 unspecified atom stereocenters. The van der Waals surface area contributed by atoms with Crippen molar-refractivity contribution in [1.82, 2.24) is 15.1 Å². The Hall–Kier alpha value is -0.770. The average Bonchev–Trinajstić information content (AvgIpc) is 2.82. The molecule has 0 aromatic carbocycles. The molecule has 4 heteroatoms. The van der Waals surface area contributed by atoms with E-state index >= 15 is 0 Å². The highest BCUT2D eigenvalue weighted by Crippen LogP contribution is 2.35. The van der Waals surface area contributed by atoms with Crippen molar-refractivity contribution < 1.29 is 0 Å². The SMILES string of the molecule is CN=C(NCC(C)(C)N(C)C)N1CC2CCCCC2C1. The summed E-state index contributed by atoms with van der Waals surface area (Å²) >= 11 is 0. The summed E-state index contributed by atoms with van der Waals surface area (Å²) in [6.45, 7) is 7.85. The van der Waals surface area contributed by atoms with Crippen LogP contribution in [0.1, 0.15) is 39.5 Å². The summed E-state index contributed by atoms with van der Waals surface area (Å²) < 4.78 is 0. The Kier molecular flexibility index (Phi) is 4.95. The summed E-state index contributed by atoms with van der Waals surface area (Å²) in [5, 5.41) is 3.58.